The number of rotatable bonds is 4. The average molecular weight is 252 g/mol. The minimum Gasteiger partial charge on any atom is -0.466 e. The monoisotopic (exact) mass is 252 g/mol. The van der Waals surface area contributed by atoms with Crippen LogP contribution >= 0.6 is 0 Å². The van der Waals surface area contributed by atoms with Gasteiger partial charge in [-0.1, -0.05) is 26.0 Å². The van der Waals surface area contributed by atoms with E-state index in [-0.39, 0.29) is 29.7 Å². The van der Waals surface area contributed by atoms with E-state index in [0.717, 1.165) is 0 Å². The second-order valence-electron chi connectivity index (χ2n) is 5.25. The van der Waals surface area contributed by atoms with Gasteiger partial charge in [0.1, 0.15) is 5.78 Å². The van der Waals surface area contributed by atoms with Crippen molar-refractivity contribution in [3.8, 4) is 0 Å². The summed E-state index contributed by atoms with van der Waals surface area (Å²) in [4.78, 5) is 22.8. The van der Waals surface area contributed by atoms with Gasteiger partial charge < -0.3 is 9.47 Å². The summed E-state index contributed by atoms with van der Waals surface area (Å²) in [6, 6.07) is 0. The van der Waals surface area contributed by atoms with E-state index < -0.39 is 5.60 Å². The fourth-order valence-corrected chi connectivity index (χ4v) is 2.82. The Balaban J connectivity index is 1.97. The first kappa shape index (κ1) is 13.3. The predicted molar refractivity (Wildman–Crippen MR) is 65.9 cm³/mol. The molecule has 2 heterocycles. The van der Waals surface area contributed by atoms with Crippen molar-refractivity contribution in [2.75, 3.05) is 6.61 Å². The summed E-state index contributed by atoms with van der Waals surface area (Å²) < 4.78 is 10.9. The van der Waals surface area contributed by atoms with Gasteiger partial charge in [-0.25, -0.2) is 0 Å². The lowest BCUT2D eigenvalue weighted by molar-refractivity contribution is -0.161. The SMILES string of the molecule is CC(=O)OCCC[C@@]12C=C[C@@H](O1)[C@H](C)C(=O)[C@@H]2C. The molecule has 1 saturated heterocycles. The molecule has 0 unspecified atom stereocenters. The van der Waals surface area contributed by atoms with Gasteiger partial charge >= 0.3 is 5.97 Å². The van der Waals surface area contributed by atoms with Crippen LogP contribution in [0.15, 0.2) is 12.2 Å². The molecule has 0 aromatic carbocycles. The van der Waals surface area contributed by atoms with Crippen LogP contribution in [0.5, 0.6) is 0 Å². The molecular weight excluding hydrogens is 232 g/mol. The van der Waals surface area contributed by atoms with Gasteiger partial charge in [0.2, 0.25) is 0 Å². The zero-order valence-corrected chi connectivity index (χ0v) is 11.1. The molecule has 4 atom stereocenters. The highest BCUT2D eigenvalue weighted by Crippen LogP contribution is 2.43. The Hall–Kier alpha value is -1.16. The highest BCUT2D eigenvalue weighted by Gasteiger charge is 2.51. The van der Waals surface area contributed by atoms with E-state index in [1.807, 2.05) is 26.0 Å². The quantitative estimate of drug-likeness (QED) is 0.435. The topological polar surface area (TPSA) is 52.6 Å². The number of esters is 1. The number of ketones is 1. The van der Waals surface area contributed by atoms with Gasteiger partial charge in [0.05, 0.1) is 18.3 Å². The Morgan fingerprint density at radius 3 is 2.89 bits per heavy atom. The van der Waals surface area contributed by atoms with Gasteiger partial charge in [-0.2, -0.15) is 0 Å². The Morgan fingerprint density at radius 1 is 1.50 bits per heavy atom. The summed E-state index contributed by atoms with van der Waals surface area (Å²) in [7, 11) is 0. The van der Waals surface area contributed by atoms with Crippen molar-refractivity contribution in [2.24, 2.45) is 11.8 Å². The molecule has 0 radical (unpaired) electrons. The summed E-state index contributed by atoms with van der Waals surface area (Å²) in [6.07, 6.45) is 5.37. The van der Waals surface area contributed by atoms with Crippen LogP contribution in [0, 0.1) is 11.8 Å². The van der Waals surface area contributed by atoms with Gasteiger partial charge in [-0.15, -0.1) is 0 Å². The Morgan fingerprint density at radius 2 is 2.22 bits per heavy atom. The number of hydrogen-bond donors (Lipinski definition) is 0. The molecule has 0 spiro atoms. The van der Waals surface area contributed by atoms with E-state index in [2.05, 4.69) is 0 Å². The van der Waals surface area contributed by atoms with Crippen LogP contribution in [0.25, 0.3) is 0 Å². The smallest absolute Gasteiger partial charge is 0.302 e. The van der Waals surface area contributed by atoms with E-state index in [9.17, 15) is 9.59 Å². The summed E-state index contributed by atoms with van der Waals surface area (Å²) in [5, 5.41) is 0. The van der Waals surface area contributed by atoms with Crippen LogP contribution in [0.1, 0.15) is 33.6 Å². The molecule has 2 aliphatic heterocycles. The van der Waals surface area contributed by atoms with Crippen molar-refractivity contribution in [1.29, 1.82) is 0 Å². The second-order valence-corrected chi connectivity index (χ2v) is 5.25. The van der Waals surface area contributed by atoms with Crippen molar-refractivity contribution < 1.29 is 19.1 Å². The standard InChI is InChI=1S/C14H20O4/c1-9-12-5-7-14(18-12,10(2)13(9)16)6-4-8-17-11(3)15/h5,7,9-10,12H,4,6,8H2,1-3H3/t9-,10-,12+,14-/m0/s1. The molecule has 1 fully saturated rings. The van der Waals surface area contributed by atoms with Crippen molar-refractivity contribution in [2.45, 2.75) is 45.3 Å². The van der Waals surface area contributed by atoms with Crippen molar-refractivity contribution in [3.63, 3.8) is 0 Å². The minimum absolute atomic E-state index is 0.0552. The number of fused-ring (bicyclic) bond motifs is 2. The lowest BCUT2D eigenvalue weighted by atomic mass is 9.77. The molecule has 18 heavy (non-hydrogen) atoms. The van der Waals surface area contributed by atoms with Crippen LogP contribution in [-0.2, 0) is 19.1 Å². The maximum atomic E-state index is 12.1. The van der Waals surface area contributed by atoms with E-state index in [0.29, 0.717) is 19.4 Å². The third-order valence-electron chi connectivity index (χ3n) is 4.04. The van der Waals surface area contributed by atoms with Crippen LogP contribution in [-0.4, -0.2) is 30.1 Å². The fourth-order valence-electron chi connectivity index (χ4n) is 2.82. The molecule has 2 bridgehead atoms. The average Bonchev–Trinajstić information content (AvgIpc) is 2.73. The van der Waals surface area contributed by atoms with Crippen molar-refractivity contribution in [3.05, 3.63) is 12.2 Å². The molecule has 4 heteroatoms. The molecule has 2 aliphatic rings. The summed E-state index contributed by atoms with van der Waals surface area (Å²) >= 11 is 0. The number of carbonyl (C=O) groups is 2. The van der Waals surface area contributed by atoms with Crippen LogP contribution in [0.4, 0.5) is 0 Å². The van der Waals surface area contributed by atoms with Gasteiger partial charge in [0.15, 0.2) is 0 Å². The van der Waals surface area contributed by atoms with E-state index in [1.165, 1.54) is 6.92 Å². The Bertz CT molecular complexity index is 387. The molecule has 0 saturated carbocycles. The number of carbonyl (C=O) groups excluding carboxylic acids is 2. The van der Waals surface area contributed by atoms with E-state index >= 15 is 0 Å². The molecule has 0 aromatic heterocycles. The molecule has 0 aromatic rings. The molecular formula is C14H20O4. The van der Waals surface area contributed by atoms with Gasteiger partial charge in [-0.3, -0.25) is 9.59 Å². The molecule has 0 aliphatic carbocycles. The van der Waals surface area contributed by atoms with E-state index in [1.54, 1.807) is 0 Å². The first-order chi connectivity index (χ1) is 8.46. The highest BCUT2D eigenvalue weighted by molar-refractivity contribution is 5.86. The van der Waals surface area contributed by atoms with Crippen LogP contribution in [0.3, 0.4) is 0 Å². The van der Waals surface area contributed by atoms with Crippen LogP contribution in [0.2, 0.25) is 0 Å². The molecule has 0 N–H and O–H groups in total. The first-order valence-electron chi connectivity index (χ1n) is 6.50. The molecule has 4 nitrogen and oxygen atoms in total. The number of ether oxygens (including phenoxy) is 2. The van der Waals surface area contributed by atoms with Gasteiger partial charge in [-0.05, 0) is 12.8 Å². The van der Waals surface area contributed by atoms with Crippen molar-refractivity contribution in [1.82, 2.24) is 0 Å². The fraction of sp³-hybridized carbons (Fsp3) is 0.714. The van der Waals surface area contributed by atoms with Crippen molar-refractivity contribution >= 4 is 11.8 Å². The second kappa shape index (κ2) is 4.84. The minimum atomic E-state index is -0.478. The van der Waals surface area contributed by atoms with Gasteiger partial charge in [0, 0.05) is 18.8 Å². The normalized spacial score (nSPS) is 37.9. The first-order valence-corrected chi connectivity index (χ1v) is 6.50. The number of Topliss-reactive ketones (excluding diaryl/α,β-unsaturated/α-hetero) is 1. The molecule has 100 valence electrons. The zero-order valence-electron chi connectivity index (χ0n) is 11.1. The van der Waals surface area contributed by atoms with Crippen LogP contribution < -0.4 is 0 Å². The summed E-state index contributed by atoms with van der Waals surface area (Å²) in [5.41, 5.74) is -0.478. The maximum absolute atomic E-state index is 12.1. The third-order valence-corrected chi connectivity index (χ3v) is 4.04. The highest BCUT2D eigenvalue weighted by atomic mass is 16.5. The Labute approximate surface area is 107 Å². The summed E-state index contributed by atoms with van der Waals surface area (Å²) in [5.74, 6) is -0.182. The van der Waals surface area contributed by atoms with E-state index in [4.69, 9.17) is 9.47 Å². The maximum Gasteiger partial charge on any atom is 0.302 e. The lowest BCUT2D eigenvalue weighted by Crippen LogP contribution is -2.50. The molecule has 2 rings (SSSR count). The largest absolute Gasteiger partial charge is 0.466 e. The molecule has 0 amide bonds. The Kier molecular flexibility index (Phi) is 3.57. The summed E-state index contributed by atoms with van der Waals surface area (Å²) in [6.45, 7) is 5.63. The lowest BCUT2D eigenvalue weighted by Gasteiger charge is -2.40. The number of hydrogen-bond acceptors (Lipinski definition) is 4. The predicted octanol–water partition coefficient (Wildman–Crippen LogP) is 1.88. The third kappa shape index (κ3) is 2.21. The zero-order chi connectivity index (χ0) is 13.3. The van der Waals surface area contributed by atoms with Gasteiger partial charge in [0.25, 0.3) is 0 Å².